The fourth-order valence-corrected chi connectivity index (χ4v) is 3.69. The Kier molecular flexibility index (Phi) is 5.36. The van der Waals surface area contributed by atoms with Gasteiger partial charge in [0.2, 0.25) is 0 Å². The molecule has 5 aromatic rings. The Morgan fingerprint density at radius 2 is 0.871 bits per heavy atom. The molecule has 1 heterocycles. The molecule has 1 aromatic heterocycles. The quantitative estimate of drug-likeness (QED) is 0.316. The van der Waals surface area contributed by atoms with E-state index in [9.17, 15) is 0 Å². The summed E-state index contributed by atoms with van der Waals surface area (Å²) in [5.74, 6) is 0.741. The molecule has 0 atom stereocenters. The summed E-state index contributed by atoms with van der Waals surface area (Å²) in [6.45, 7) is 0. The molecule has 0 N–H and O–H groups in total. The van der Waals surface area contributed by atoms with Gasteiger partial charge in [0.15, 0.2) is 5.82 Å². The SMILES string of the molecule is c1ccc(Cc2ccc(-c3cc(-c4ccccc4)nc(-c4ccccc4)n3)cc2)cc1. The molecule has 0 aliphatic heterocycles. The van der Waals surface area contributed by atoms with Gasteiger partial charge in [-0.2, -0.15) is 0 Å². The molecule has 2 heteroatoms. The molecule has 0 fully saturated rings. The van der Waals surface area contributed by atoms with Gasteiger partial charge < -0.3 is 0 Å². The minimum Gasteiger partial charge on any atom is -0.228 e. The minimum absolute atomic E-state index is 0.741. The molecule has 0 aliphatic carbocycles. The van der Waals surface area contributed by atoms with Gasteiger partial charge in [-0.25, -0.2) is 9.97 Å². The largest absolute Gasteiger partial charge is 0.228 e. The number of hydrogen-bond acceptors (Lipinski definition) is 2. The lowest BCUT2D eigenvalue weighted by molar-refractivity contribution is 1.17. The van der Waals surface area contributed by atoms with Crippen LogP contribution in [0.2, 0.25) is 0 Å². The van der Waals surface area contributed by atoms with Gasteiger partial charge >= 0.3 is 0 Å². The van der Waals surface area contributed by atoms with E-state index in [0.29, 0.717) is 0 Å². The summed E-state index contributed by atoms with van der Waals surface area (Å²) in [6, 6.07) is 41.7. The van der Waals surface area contributed by atoms with Crippen molar-refractivity contribution in [2.45, 2.75) is 6.42 Å². The molecule has 5 rings (SSSR count). The van der Waals surface area contributed by atoms with Crippen molar-refractivity contribution in [2.75, 3.05) is 0 Å². The van der Waals surface area contributed by atoms with Crippen LogP contribution in [-0.4, -0.2) is 9.97 Å². The van der Waals surface area contributed by atoms with Crippen LogP contribution in [0.5, 0.6) is 0 Å². The first-order chi connectivity index (χ1) is 15.3. The Balaban J connectivity index is 1.53. The van der Waals surface area contributed by atoms with Crippen molar-refractivity contribution in [3.05, 3.63) is 132 Å². The molecule has 0 aliphatic rings. The molecule has 0 saturated carbocycles. The van der Waals surface area contributed by atoms with E-state index in [1.807, 2.05) is 36.4 Å². The first-order valence-electron chi connectivity index (χ1n) is 10.5. The van der Waals surface area contributed by atoms with E-state index < -0.39 is 0 Å². The van der Waals surface area contributed by atoms with Gasteiger partial charge in [-0.1, -0.05) is 115 Å². The number of hydrogen-bond donors (Lipinski definition) is 0. The first kappa shape index (κ1) is 19.0. The lowest BCUT2D eigenvalue weighted by atomic mass is 10.0. The second-order valence-electron chi connectivity index (χ2n) is 7.55. The third-order valence-corrected chi connectivity index (χ3v) is 5.33. The van der Waals surface area contributed by atoms with E-state index in [4.69, 9.17) is 9.97 Å². The predicted molar refractivity (Wildman–Crippen MR) is 128 cm³/mol. The van der Waals surface area contributed by atoms with Crippen LogP contribution in [0.25, 0.3) is 33.9 Å². The Bertz CT molecular complexity index is 1210. The normalized spacial score (nSPS) is 10.7. The van der Waals surface area contributed by atoms with E-state index in [1.165, 1.54) is 11.1 Å². The zero-order chi connectivity index (χ0) is 20.9. The third kappa shape index (κ3) is 4.44. The van der Waals surface area contributed by atoms with Gasteiger partial charge in [0.05, 0.1) is 11.4 Å². The van der Waals surface area contributed by atoms with Gasteiger partial charge in [0.25, 0.3) is 0 Å². The van der Waals surface area contributed by atoms with Crippen LogP contribution >= 0.6 is 0 Å². The Hall–Kier alpha value is -4.04. The minimum atomic E-state index is 0.741. The number of nitrogens with zero attached hydrogens (tertiary/aromatic N) is 2. The Morgan fingerprint density at radius 1 is 0.419 bits per heavy atom. The van der Waals surface area contributed by atoms with Crippen LogP contribution in [-0.2, 0) is 6.42 Å². The van der Waals surface area contributed by atoms with Gasteiger partial charge in [-0.15, -0.1) is 0 Å². The van der Waals surface area contributed by atoms with Gasteiger partial charge in [0, 0.05) is 16.7 Å². The van der Waals surface area contributed by atoms with E-state index >= 15 is 0 Å². The molecule has 4 aromatic carbocycles. The van der Waals surface area contributed by atoms with Crippen LogP contribution in [0.4, 0.5) is 0 Å². The summed E-state index contributed by atoms with van der Waals surface area (Å²) < 4.78 is 0. The van der Waals surface area contributed by atoms with E-state index in [2.05, 4.69) is 84.9 Å². The fraction of sp³-hybridized carbons (Fsp3) is 0.0345. The third-order valence-electron chi connectivity index (χ3n) is 5.33. The molecule has 0 amide bonds. The van der Waals surface area contributed by atoms with Crippen molar-refractivity contribution in [3.63, 3.8) is 0 Å². The predicted octanol–water partition coefficient (Wildman–Crippen LogP) is 7.07. The van der Waals surface area contributed by atoms with Crippen LogP contribution in [0.15, 0.2) is 121 Å². The topological polar surface area (TPSA) is 25.8 Å². The standard InChI is InChI=1S/C29H22N2/c1-4-10-22(11-5-1)20-23-16-18-25(19-17-23)28-21-27(24-12-6-2-7-13-24)30-29(31-28)26-14-8-3-9-15-26/h1-19,21H,20H2. The number of benzene rings is 4. The summed E-state index contributed by atoms with van der Waals surface area (Å²) in [5.41, 5.74) is 7.65. The molecule has 148 valence electrons. The molecule has 31 heavy (non-hydrogen) atoms. The average molecular weight is 399 g/mol. The first-order valence-corrected chi connectivity index (χ1v) is 10.5. The van der Waals surface area contributed by atoms with Crippen molar-refractivity contribution in [2.24, 2.45) is 0 Å². The van der Waals surface area contributed by atoms with Crippen molar-refractivity contribution in [1.29, 1.82) is 0 Å². The number of rotatable bonds is 5. The lowest BCUT2D eigenvalue weighted by Crippen LogP contribution is -1.96. The van der Waals surface area contributed by atoms with Gasteiger partial charge in [0.1, 0.15) is 0 Å². The van der Waals surface area contributed by atoms with Crippen molar-refractivity contribution in [1.82, 2.24) is 9.97 Å². The highest BCUT2D eigenvalue weighted by Crippen LogP contribution is 2.27. The summed E-state index contributed by atoms with van der Waals surface area (Å²) in [4.78, 5) is 9.76. The summed E-state index contributed by atoms with van der Waals surface area (Å²) in [6.07, 6.45) is 0.926. The smallest absolute Gasteiger partial charge is 0.160 e. The lowest BCUT2D eigenvalue weighted by Gasteiger charge is -2.10. The molecular weight excluding hydrogens is 376 g/mol. The van der Waals surface area contributed by atoms with Crippen molar-refractivity contribution < 1.29 is 0 Å². The molecule has 0 spiro atoms. The van der Waals surface area contributed by atoms with E-state index in [0.717, 1.165) is 40.3 Å². The molecule has 0 unspecified atom stereocenters. The van der Waals surface area contributed by atoms with Gasteiger partial charge in [-0.05, 0) is 23.6 Å². The monoisotopic (exact) mass is 398 g/mol. The van der Waals surface area contributed by atoms with Gasteiger partial charge in [-0.3, -0.25) is 0 Å². The number of aromatic nitrogens is 2. The van der Waals surface area contributed by atoms with Crippen molar-refractivity contribution >= 4 is 0 Å². The van der Waals surface area contributed by atoms with E-state index in [1.54, 1.807) is 0 Å². The van der Waals surface area contributed by atoms with Crippen LogP contribution in [0.3, 0.4) is 0 Å². The second-order valence-corrected chi connectivity index (χ2v) is 7.55. The highest BCUT2D eigenvalue weighted by atomic mass is 14.9. The summed E-state index contributed by atoms with van der Waals surface area (Å²) >= 11 is 0. The maximum Gasteiger partial charge on any atom is 0.160 e. The zero-order valence-electron chi connectivity index (χ0n) is 17.1. The van der Waals surface area contributed by atoms with E-state index in [-0.39, 0.29) is 0 Å². The Labute approximate surface area is 182 Å². The van der Waals surface area contributed by atoms with Crippen LogP contribution in [0.1, 0.15) is 11.1 Å². The summed E-state index contributed by atoms with van der Waals surface area (Å²) in [5, 5.41) is 0. The highest BCUT2D eigenvalue weighted by molar-refractivity contribution is 5.71. The maximum absolute atomic E-state index is 4.90. The molecule has 2 nitrogen and oxygen atoms in total. The molecular formula is C29H22N2. The fourth-order valence-electron chi connectivity index (χ4n) is 3.69. The second kappa shape index (κ2) is 8.76. The van der Waals surface area contributed by atoms with Crippen LogP contribution < -0.4 is 0 Å². The highest BCUT2D eigenvalue weighted by Gasteiger charge is 2.10. The summed E-state index contributed by atoms with van der Waals surface area (Å²) in [7, 11) is 0. The van der Waals surface area contributed by atoms with Crippen LogP contribution in [0, 0.1) is 0 Å². The molecule has 0 radical (unpaired) electrons. The maximum atomic E-state index is 4.90. The zero-order valence-corrected chi connectivity index (χ0v) is 17.1. The molecule has 0 bridgehead atoms. The van der Waals surface area contributed by atoms with Crippen molar-refractivity contribution in [3.8, 4) is 33.9 Å². The average Bonchev–Trinajstić information content (AvgIpc) is 2.86. The Morgan fingerprint density at radius 3 is 1.45 bits per heavy atom. The molecule has 0 saturated heterocycles.